The first kappa shape index (κ1) is 30.0. The van der Waals surface area contributed by atoms with Gasteiger partial charge < -0.3 is 4.42 Å². The molecule has 4 aromatic rings. The van der Waals surface area contributed by atoms with Gasteiger partial charge in [-0.15, -0.1) is 0 Å². The maximum absolute atomic E-state index is 13.5. The minimum Gasteiger partial charge on any atom is -0.455 e. The average Bonchev–Trinajstić information content (AvgIpc) is 3.46. The Kier molecular flexibility index (Phi) is 8.83. The second-order valence-electron chi connectivity index (χ2n) is 9.18. The lowest BCUT2D eigenvalue weighted by Crippen LogP contribution is -2.60. The number of sulfonamides is 2. The Morgan fingerprint density at radius 2 is 1.50 bits per heavy atom. The number of amides is 1. The van der Waals surface area contributed by atoms with Crippen LogP contribution in [0, 0.1) is 0 Å². The predicted molar refractivity (Wildman–Crippen MR) is 159 cm³/mol. The van der Waals surface area contributed by atoms with Gasteiger partial charge in [0.05, 0.1) is 21.0 Å². The average molecular weight is 648 g/mol. The van der Waals surface area contributed by atoms with Crippen LogP contribution >= 0.6 is 23.2 Å². The van der Waals surface area contributed by atoms with Crippen molar-refractivity contribution < 1.29 is 26.0 Å². The van der Waals surface area contributed by atoms with Gasteiger partial charge in [-0.1, -0.05) is 59.6 Å². The molecule has 1 aliphatic rings. The summed E-state index contributed by atoms with van der Waals surface area (Å²) in [5, 5.41) is 4.80. The SMILES string of the molecule is O=C(N/N=C\c1ccc(-c2ccc(Cl)cc2Cl)o1)[C@@H]1CN(S(=O)(=O)c2ccccc2)CCN1S(=O)(=O)c1ccccc1. The Labute approximate surface area is 253 Å². The van der Waals surface area contributed by atoms with Crippen molar-refractivity contribution in [2.45, 2.75) is 15.8 Å². The van der Waals surface area contributed by atoms with Gasteiger partial charge in [-0.3, -0.25) is 4.79 Å². The molecule has 14 heteroatoms. The highest BCUT2D eigenvalue weighted by atomic mass is 35.5. The molecule has 1 saturated heterocycles. The van der Waals surface area contributed by atoms with Crippen LogP contribution in [0.2, 0.25) is 10.0 Å². The first-order valence-corrected chi connectivity index (χ1v) is 16.2. The van der Waals surface area contributed by atoms with E-state index in [9.17, 15) is 21.6 Å². The molecule has 1 N–H and O–H groups in total. The minimum atomic E-state index is -4.14. The number of nitrogens with zero attached hydrogens (tertiary/aromatic N) is 3. The third-order valence-corrected chi connectivity index (χ3v) is 10.9. The summed E-state index contributed by atoms with van der Waals surface area (Å²) in [6.07, 6.45) is 1.24. The van der Waals surface area contributed by atoms with E-state index in [-0.39, 0.29) is 28.6 Å². The molecule has 1 amide bonds. The van der Waals surface area contributed by atoms with Crippen LogP contribution < -0.4 is 5.43 Å². The van der Waals surface area contributed by atoms with E-state index in [2.05, 4.69) is 10.5 Å². The molecule has 218 valence electrons. The van der Waals surface area contributed by atoms with Crippen LogP contribution in [0.1, 0.15) is 5.76 Å². The summed E-state index contributed by atoms with van der Waals surface area (Å²) >= 11 is 12.2. The monoisotopic (exact) mass is 646 g/mol. The van der Waals surface area contributed by atoms with Crippen molar-refractivity contribution >= 4 is 55.4 Å². The highest BCUT2D eigenvalue weighted by molar-refractivity contribution is 7.89. The quantitative estimate of drug-likeness (QED) is 0.222. The molecule has 1 aliphatic heterocycles. The molecule has 0 aliphatic carbocycles. The van der Waals surface area contributed by atoms with E-state index in [1.807, 2.05) is 0 Å². The number of carbonyl (C=O) groups is 1. The van der Waals surface area contributed by atoms with Crippen LogP contribution in [-0.2, 0) is 24.8 Å². The van der Waals surface area contributed by atoms with Crippen LogP contribution in [0.5, 0.6) is 0 Å². The van der Waals surface area contributed by atoms with Crippen LogP contribution in [0.4, 0.5) is 0 Å². The zero-order valence-electron chi connectivity index (χ0n) is 21.8. The highest BCUT2D eigenvalue weighted by Gasteiger charge is 2.43. The van der Waals surface area contributed by atoms with Gasteiger partial charge in [0.1, 0.15) is 17.6 Å². The summed E-state index contributed by atoms with van der Waals surface area (Å²) in [6.45, 7) is -0.794. The number of furan rings is 1. The Balaban J connectivity index is 1.38. The van der Waals surface area contributed by atoms with Gasteiger partial charge in [0.2, 0.25) is 20.0 Å². The molecule has 0 bridgehead atoms. The number of carbonyl (C=O) groups excluding carboxylic acids is 1. The Bertz CT molecular complexity index is 1830. The van der Waals surface area contributed by atoms with E-state index >= 15 is 0 Å². The molecule has 10 nitrogen and oxygen atoms in total. The Hall–Kier alpha value is -3.52. The lowest BCUT2D eigenvalue weighted by atomic mass is 10.2. The third kappa shape index (κ3) is 6.28. The number of nitrogens with one attached hydrogen (secondary N) is 1. The van der Waals surface area contributed by atoms with Crippen molar-refractivity contribution in [3.05, 3.63) is 107 Å². The maximum atomic E-state index is 13.5. The summed E-state index contributed by atoms with van der Waals surface area (Å²) in [6, 6.07) is 22.2. The van der Waals surface area contributed by atoms with Gasteiger partial charge in [-0.25, -0.2) is 22.3 Å². The largest absolute Gasteiger partial charge is 0.455 e. The number of hydrazone groups is 1. The second kappa shape index (κ2) is 12.4. The van der Waals surface area contributed by atoms with Crippen LogP contribution in [0.3, 0.4) is 0 Å². The first-order chi connectivity index (χ1) is 20.1. The van der Waals surface area contributed by atoms with E-state index in [4.69, 9.17) is 27.6 Å². The number of rotatable bonds is 8. The molecule has 3 aromatic carbocycles. The standard InChI is InChI=1S/C28H24Cl2N4O6S2/c29-20-11-13-24(25(30)17-20)27-14-12-21(40-27)18-31-32-28(35)26-19-33(41(36,37)22-7-3-1-4-8-22)15-16-34(26)42(38,39)23-9-5-2-6-10-23/h1-14,17-18,26H,15-16,19H2,(H,32,35)/b31-18-/t26-/m0/s1. The zero-order chi connectivity index (χ0) is 29.9. The molecule has 0 saturated carbocycles. The van der Waals surface area contributed by atoms with Crippen LogP contribution in [-0.4, -0.2) is 63.2 Å². The van der Waals surface area contributed by atoms with E-state index in [1.165, 1.54) is 30.5 Å². The topological polar surface area (TPSA) is 129 Å². The van der Waals surface area contributed by atoms with Gasteiger partial charge in [-0.05, 0) is 54.6 Å². The summed E-state index contributed by atoms with van der Waals surface area (Å²) in [4.78, 5) is 13.4. The lowest BCUT2D eigenvalue weighted by molar-refractivity contribution is -0.125. The zero-order valence-corrected chi connectivity index (χ0v) is 24.9. The third-order valence-electron chi connectivity index (χ3n) is 6.52. The molecule has 1 atom stereocenters. The Morgan fingerprint density at radius 3 is 2.14 bits per heavy atom. The smallest absolute Gasteiger partial charge is 0.259 e. The fourth-order valence-corrected chi connectivity index (χ4v) is 7.97. The highest BCUT2D eigenvalue weighted by Crippen LogP contribution is 2.31. The van der Waals surface area contributed by atoms with Gasteiger partial charge >= 0.3 is 0 Å². The molecule has 1 aromatic heterocycles. The second-order valence-corrected chi connectivity index (χ2v) is 13.9. The van der Waals surface area contributed by atoms with Crippen molar-refractivity contribution in [3.63, 3.8) is 0 Å². The molecule has 0 radical (unpaired) electrons. The Morgan fingerprint density at radius 1 is 0.857 bits per heavy atom. The molecular weight excluding hydrogens is 623 g/mol. The van der Waals surface area contributed by atoms with E-state index in [0.717, 1.165) is 8.61 Å². The van der Waals surface area contributed by atoms with Gasteiger partial charge in [0, 0.05) is 30.2 Å². The number of piperazine rings is 1. The fourth-order valence-electron chi connectivity index (χ4n) is 4.42. The van der Waals surface area contributed by atoms with Crippen molar-refractivity contribution in [1.82, 2.24) is 14.0 Å². The molecule has 5 rings (SSSR count). The number of benzene rings is 3. The minimum absolute atomic E-state index is 0.0188. The summed E-state index contributed by atoms with van der Waals surface area (Å²) in [5.41, 5.74) is 2.94. The summed E-state index contributed by atoms with van der Waals surface area (Å²) in [5.74, 6) is -0.0909. The van der Waals surface area contributed by atoms with E-state index in [0.29, 0.717) is 21.4 Å². The molecule has 42 heavy (non-hydrogen) atoms. The summed E-state index contributed by atoms with van der Waals surface area (Å²) < 4.78 is 61.5. The molecular formula is C28H24Cl2N4O6S2. The van der Waals surface area contributed by atoms with E-state index < -0.39 is 38.5 Å². The number of halogens is 2. The first-order valence-electron chi connectivity index (χ1n) is 12.6. The lowest BCUT2D eigenvalue weighted by Gasteiger charge is -2.38. The van der Waals surface area contributed by atoms with E-state index in [1.54, 1.807) is 66.7 Å². The molecule has 0 spiro atoms. The number of hydrogen-bond acceptors (Lipinski definition) is 7. The maximum Gasteiger partial charge on any atom is 0.259 e. The fraction of sp³-hybridized carbons (Fsp3) is 0.143. The van der Waals surface area contributed by atoms with Crippen molar-refractivity contribution in [3.8, 4) is 11.3 Å². The predicted octanol–water partition coefficient (Wildman–Crippen LogP) is 4.47. The van der Waals surface area contributed by atoms with Gasteiger partial charge in [0.25, 0.3) is 5.91 Å². The molecule has 1 fully saturated rings. The van der Waals surface area contributed by atoms with Crippen molar-refractivity contribution in [2.75, 3.05) is 19.6 Å². The summed E-state index contributed by atoms with van der Waals surface area (Å²) in [7, 11) is -8.14. The van der Waals surface area contributed by atoms with Crippen molar-refractivity contribution in [2.24, 2.45) is 5.10 Å². The van der Waals surface area contributed by atoms with Crippen LogP contribution in [0.25, 0.3) is 11.3 Å². The van der Waals surface area contributed by atoms with Gasteiger partial charge in [-0.2, -0.15) is 13.7 Å². The van der Waals surface area contributed by atoms with Crippen molar-refractivity contribution in [1.29, 1.82) is 0 Å². The molecule has 0 unspecified atom stereocenters. The van der Waals surface area contributed by atoms with Gasteiger partial charge in [0.15, 0.2) is 0 Å². The van der Waals surface area contributed by atoms with Crippen LogP contribution in [0.15, 0.2) is 110 Å². The molecule has 2 heterocycles. The number of hydrogen-bond donors (Lipinski definition) is 1. The normalized spacial score (nSPS) is 17.0.